The molecule has 0 aromatic carbocycles. The van der Waals surface area contributed by atoms with Crippen LogP contribution in [0.5, 0.6) is 0 Å². The number of aromatic nitrogens is 2. The molecule has 0 atom stereocenters. The van der Waals surface area contributed by atoms with Gasteiger partial charge in [-0.2, -0.15) is 0 Å². The number of ether oxygens (including phenoxy) is 2. The van der Waals surface area contributed by atoms with E-state index in [1.54, 1.807) is 14.2 Å². The molecular formula is C14H26N4O2. The van der Waals surface area contributed by atoms with E-state index in [-0.39, 0.29) is 5.41 Å². The summed E-state index contributed by atoms with van der Waals surface area (Å²) < 4.78 is 10.2. The first kappa shape index (κ1) is 16.7. The van der Waals surface area contributed by atoms with E-state index in [9.17, 15) is 0 Å². The third-order valence-electron chi connectivity index (χ3n) is 3.03. The van der Waals surface area contributed by atoms with Gasteiger partial charge in [-0.15, -0.1) is 0 Å². The summed E-state index contributed by atoms with van der Waals surface area (Å²) in [6, 6.07) is 1.89. The Bertz CT molecular complexity index is 410. The SMILES string of the molecule is CNc1cc(NCC(C)(C)CCOC)nc(COC)n1. The quantitative estimate of drug-likeness (QED) is 0.723. The predicted octanol–water partition coefficient (Wildman–Crippen LogP) is 2.14. The van der Waals surface area contributed by atoms with Crippen LogP contribution in [-0.2, 0) is 16.1 Å². The molecule has 0 spiro atoms. The minimum atomic E-state index is 0.141. The molecule has 1 aromatic rings. The smallest absolute Gasteiger partial charge is 0.158 e. The molecule has 20 heavy (non-hydrogen) atoms. The lowest BCUT2D eigenvalue weighted by atomic mass is 9.90. The fourth-order valence-corrected chi connectivity index (χ4v) is 1.71. The summed E-state index contributed by atoms with van der Waals surface area (Å²) in [6.07, 6.45) is 0.991. The van der Waals surface area contributed by atoms with Crippen molar-refractivity contribution in [1.29, 1.82) is 0 Å². The van der Waals surface area contributed by atoms with Gasteiger partial charge in [0.25, 0.3) is 0 Å². The van der Waals surface area contributed by atoms with Crippen molar-refractivity contribution in [3.05, 3.63) is 11.9 Å². The van der Waals surface area contributed by atoms with Crippen LogP contribution in [0, 0.1) is 5.41 Å². The molecule has 0 amide bonds. The lowest BCUT2D eigenvalue weighted by Gasteiger charge is -2.25. The van der Waals surface area contributed by atoms with Gasteiger partial charge in [-0.1, -0.05) is 13.8 Å². The van der Waals surface area contributed by atoms with E-state index in [1.165, 1.54) is 0 Å². The Morgan fingerprint density at radius 3 is 2.45 bits per heavy atom. The van der Waals surface area contributed by atoms with Crippen LogP contribution in [-0.4, -0.2) is 44.4 Å². The first-order chi connectivity index (χ1) is 9.50. The predicted molar refractivity (Wildman–Crippen MR) is 81.1 cm³/mol. The van der Waals surface area contributed by atoms with Crippen molar-refractivity contribution in [2.24, 2.45) is 5.41 Å². The molecule has 1 aromatic heterocycles. The Morgan fingerprint density at radius 2 is 1.85 bits per heavy atom. The van der Waals surface area contributed by atoms with E-state index < -0.39 is 0 Å². The number of rotatable bonds is 9. The van der Waals surface area contributed by atoms with Crippen molar-refractivity contribution in [2.75, 3.05) is 45.1 Å². The lowest BCUT2D eigenvalue weighted by Crippen LogP contribution is -2.25. The van der Waals surface area contributed by atoms with Crippen molar-refractivity contribution in [2.45, 2.75) is 26.9 Å². The molecular weight excluding hydrogens is 256 g/mol. The van der Waals surface area contributed by atoms with E-state index in [2.05, 4.69) is 34.4 Å². The zero-order valence-corrected chi connectivity index (χ0v) is 13.1. The first-order valence-corrected chi connectivity index (χ1v) is 6.78. The van der Waals surface area contributed by atoms with Crippen molar-refractivity contribution >= 4 is 11.6 Å². The molecule has 2 N–H and O–H groups in total. The average Bonchev–Trinajstić information content (AvgIpc) is 2.43. The van der Waals surface area contributed by atoms with Crippen molar-refractivity contribution in [3.8, 4) is 0 Å². The highest BCUT2D eigenvalue weighted by Gasteiger charge is 2.17. The fraction of sp³-hybridized carbons (Fsp3) is 0.714. The van der Waals surface area contributed by atoms with Crippen LogP contribution < -0.4 is 10.6 Å². The van der Waals surface area contributed by atoms with E-state index in [4.69, 9.17) is 9.47 Å². The minimum Gasteiger partial charge on any atom is -0.385 e. The molecule has 1 rings (SSSR count). The van der Waals surface area contributed by atoms with Crippen LogP contribution in [0.2, 0.25) is 0 Å². The van der Waals surface area contributed by atoms with Crippen LogP contribution in [0.3, 0.4) is 0 Å². The molecule has 0 bridgehead atoms. The fourth-order valence-electron chi connectivity index (χ4n) is 1.71. The molecule has 6 nitrogen and oxygen atoms in total. The van der Waals surface area contributed by atoms with Gasteiger partial charge >= 0.3 is 0 Å². The van der Waals surface area contributed by atoms with E-state index in [1.807, 2.05) is 13.1 Å². The van der Waals surface area contributed by atoms with Crippen LogP contribution in [0.25, 0.3) is 0 Å². The molecule has 0 aliphatic rings. The number of hydrogen-bond acceptors (Lipinski definition) is 6. The third kappa shape index (κ3) is 5.71. The summed E-state index contributed by atoms with van der Waals surface area (Å²) >= 11 is 0. The third-order valence-corrected chi connectivity index (χ3v) is 3.03. The second-order valence-corrected chi connectivity index (χ2v) is 5.50. The molecule has 1 heterocycles. The number of nitrogens with one attached hydrogen (secondary N) is 2. The van der Waals surface area contributed by atoms with E-state index >= 15 is 0 Å². The number of hydrogen-bond donors (Lipinski definition) is 2. The second-order valence-electron chi connectivity index (χ2n) is 5.50. The molecule has 114 valence electrons. The normalized spacial score (nSPS) is 11.4. The van der Waals surface area contributed by atoms with Gasteiger partial charge in [-0.05, 0) is 11.8 Å². The Kier molecular flexibility index (Phi) is 6.67. The van der Waals surface area contributed by atoms with Crippen LogP contribution in [0.15, 0.2) is 6.07 Å². The van der Waals surface area contributed by atoms with Crippen molar-refractivity contribution in [3.63, 3.8) is 0 Å². The van der Waals surface area contributed by atoms with Gasteiger partial charge in [-0.25, -0.2) is 9.97 Å². The Labute approximate surface area is 121 Å². The summed E-state index contributed by atoms with van der Waals surface area (Å²) in [6.45, 7) is 6.39. The molecule has 0 aliphatic carbocycles. The zero-order valence-electron chi connectivity index (χ0n) is 13.1. The van der Waals surface area contributed by atoms with E-state index in [0.29, 0.717) is 12.4 Å². The highest BCUT2D eigenvalue weighted by atomic mass is 16.5. The number of anilines is 2. The molecule has 0 aliphatic heterocycles. The highest BCUT2D eigenvalue weighted by Crippen LogP contribution is 2.21. The van der Waals surface area contributed by atoms with Gasteiger partial charge < -0.3 is 20.1 Å². The molecule has 0 unspecified atom stereocenters. The largest absolute Gasteiger partial charge is 0.385 e. The van der Waals surface area contributed by atoms with Gasteiger partial charge in [0, 0.05) is 40.5 Å². The molecule has 0 fully saturated rings. The van der Waals surface area contributed by atoms with Crippen LogP contribution in [0.1, 0.15) is 26.1 Å². The maximum absolute atomic E-state index is 5.14. The van der Waals surface area contributed by atoms with Crippen LogP contribution >= 0.6 is 0 Å². The van der Waals surface area contributed by atoms with Gasteiger partial charge in [0.1, 0.15) is 18.2 Å². The number of nitrogens with zero attached hydrogens (tertiary/aromatic N) is 2. The zero-order chi connectivity index (χ0) is 15.0. The molecule has 6 heteroatoms. The Morgan fingerprint density at radius 1 is 1.15 bits per heavy atom. The van der Waals surface area contributed by atoms with E-state index in [0.717, 1.165) is 31.2 Å². The summed E-state index contributed by atoms with van der Waals surface area (Å²) in [7, 11) is 5.20. The van der Waals surface area contributed by atoms with Gasteiger partial charge in [0.15, 0.2) is 5.82 Å². The standard InChI is InChI=1S/C14H26N4O2/c1-14(2,6-7-19-4)10-16-12-8-11(15-3)17-13(18-12)9-20-5/h8H,6-7,9-10H2,1-5H3,(H2,15,16,17,18). The van der Waals surface area contributed by atoms with Gasteiger partial charge in [0.2, 0.25) is 0 Å². The Hall–Kier alpha value is -1.40. The summed E-state index contributed by atoms with van der Waals surface area (Å²) in [5.74, 6) is 2.25. The molecule has 0 radical (unpaired) electrons. The monoisotopic (exact) mass is 282 g/mol. The number of methoxy groups -OCH3 is 2. The second kappa shape index (κ2) is 8.01. The maximum Gasteiger partial charge on any atom is 0.158 e. The Balaban J connectivity index is 2.68. The van der Waals surface area contributed by atoms with Crippen molar-refractivity contribution < 1.29 is 9.47 Å². The molecule has 0 saturated heterocycles. The molecule has 0 saturated carbocycles. The summed E-state index contributed by atoms with van der Waals surface area (Å²) in [4.78, 5) is 8.76. The van der Waals surface area contributed by atoms with Crippen LogP contribution in [0.4, 0.5) is 11.6 Å². The van der Waals surface area contributed by atoms with Gasteiger partial charge in [-0.3, -0.25) is 0 Å². The lowest BCUT2D eigenvalue weighted by molar-refractivity contribution is 0.157. The minimum absolute atomic E-state index is 0.141. The average molecular weight is 282 g/mol. The highest BCUT2D eigenvalue weighted by molar-refractivity contribution is 5.47. The van der Waals surface area contributed by atoms with Crippen molar-refractivity contribution in [1.82, 2.24) is 9.97 Å². The topological polar surface area (TPSA) is 68.3 Å². The van der Waals surface area contributed by atoms with Gasteiger partial charge in [0.05, 0.1) is 0 Å². The first-order valence-electron chi connectivity index (χ1n) is 6.78. The summed E-state index contributed by atoms with van der Waals surface area (Å²) in [5, 5.41) is 6.40. The summed E-state index contributed by atoms with van der Waals surface area (Å²) in [5.41, 5.74) is 0.141. The maximum atomic E-state index is 5.14.